The third-order valence-corrected chi connectivity index (χ3v) is 3.00. The topological polar surface area (TPSA) is 115 Å². The van der Waals surface area contributed by atoms with Gasteiger partial charge in [-0.15, -0.1) is 0 Å². The molecule has 0 aliphatic carbocycles. The summed E-state index contributed by atoms with van der Waals surface area (Å²) in [7, 11) is 0. The van der Waals surface area contributed by atoms with Crippen LogP contribution in [0.4, 0.5) is 5.69 Å². The van der Waals surface area contributed by atoms with E-state index in [1.54, 1.807) is 18.2 Å². The normalized spacial score (nSPS) is 12.1. The van der Waals surface area contributed by atoms with Crippen LogP contribution in [0.25, 0.3) is 11.0 Å². The number of carbonyl (C=O) groups is 2. The van der Waals surface area contributed by atoms with Crippen LogP contribution in [0.15, 0.2) is 34.1 Å². The Kier molecular flexibility index (Phi) is 3.43. The molecule has 0 unspecified atom stereocenters. The molecule has 1 aromatic carbocycles. The molecule has 4 N–H and O–H groups in total. The molecule has 20 heavy (non-hydrogen) atoms. The number of fused-ring (bicyclic) bond motifs is 1. The van der Waals surface area contributed by atoms with Gasteiger partial charge in [0.2, 0.25) is 0 Å². The standard InChI is InChI=1S/C13H13N3O4/c1-6(7(2)12(18)19)11(17)14-8-3-4-9-10(5-8)16-13(20)15-9/h3-5H,1-2H3,(H,14,17)(H,18,19)(H2,15,16,20). The van der Waals surface area contributed by atoms with Crippen molar-refractivity contribution in [2.45, 2.75) is 13.8 Å². The van der Waals surface area contributed by atoms with E-state index in [1.165, 1.54) is 13.8 Å². The Morgan fingerprint density at radius 1 is 1.10 bits per heavy atom. The van der Waals surface area contributed by atoms with Crippen molar-refractivity contribution in [1.29, 1.82) is 0 Å². The zero-order chi connectivity index (χ0) is 14.9. The summed E-state index contributed by atoms with van der Waals surface area (Å²) >= 11 is 0. The highest BCUT2D eigenvalue weighted by molar-refractivity contribution is 6.08. The van der Waals surface area contributed by atoms with Gasteiger partial charge in [0, 0.05) is 16.8 Å². The number of anilines is 1. The Balaban J connectivity index is 2.28. The van der Waals surface area contributed by atoms with Crippen LogP contribution in [0.2, 0.25) is 0 Å². The van der Waals surface area contributed by atoms with E-state index in [0.29, 0.717) is 16.7 Å². The molecule has 0 aliphatic rings. The van der Waals surface area contributed by atoms with Gasteiger partial charge in [0.25, 0.3) is 5.91 Å². The lowest BCUT2D eigenvalue weighted by atomic mass is 10.1. The van der Waals surface area contributed by atoms with Crippen LogP contribution in [-0.4, -0.2) is 27.0 Å². The van der Waals surface area contributed by atoms with Crippen molar-refractivity contribution in [3.05, 3.63) is 39.8 Å². The SMILES string of the molecule is CC(C(=O)O)=C(C)C(=O)Nc1ccc2[nH]c(=O)[nH]c2c1. The highest BCUT2D eigenvalue weighted by Gasteiger charge is 2.13. The monoisotopic (exact) mass is 275 g/mol. The van der Waals surface area contributed by atoms with Crippen molar-refractivity contribution in [3.63, 3.8) is 0 Å². The second-order valence-electron chi connectivity index (χ2n) is 4.35. The van der Waals surface area contributed by atoms with Crippen molar-refractivity contribution in [2.24, 2.45) is 0 Å². The Labute approximate surface area is 113 Å². The molecule has 0 saturated carbocycles. The fourth-order valence-electron chi connectivity index (χ4n) is 1.67. The zero-order valence-electron chi connectivity index (χ0n) is 10.9. The first-order valence-electron chi connectivity index (χ1n) is 5.82. The molecule has 0 spiro atoms. The minimum Gasteiger partial charge on any atom is -0.478 e. The van der Waals surface area contributed by atoms with E-state index in [1.807, 2.05) is 0 Å². The van der Waals surface area contributed by atoms with Gasteiger partial charge in [-0.1, -0.05) is 0 Å². The van der Waals surface area contributed by atoms with Crippen molar-refractivity contribution >= 4 is 28.6 Å². The first kappa shape index (κ1) is 13.6. The van der Waals surface area contributed by atoms with Gasteiger partial charge in [0.1, 0.15) is 0 Å². The molecule has 0 bridgehead atoms. The number of nitrogens with one attached hydrogen (secondary N) is 3. The molecule has 1 aromatic heterocycles. The van der Waals surface area contributed by atoms with Crippen molar-refractivity contribution < 1.29 is 14.7 Å². The maximum Gasteiger partial charge on any atom is 0.331 e. The number of carboxylic acid groups (broad SMARTS) is 1. The minimum absolute atomic E-state index is 0.0152. The minimum atomic E-state index is -1.14. The molecular formula is C13H13N3O4. The highest BCUT2D eigenvalue weighted by Crippen LogP contribution is 2.16. The van der Waals surface area contributed by atoms with E-state index in [4.69, 9.17) is 5.11 Å². The third kappa shape index (κ3) is 2.61. The van der Waals surface area contributed by atoms with Gasteiger partial charge < -0.3 is 20.4 Å². The highest BCUT2D eigenvalue weighted by atomic mass is 16.4. The van der Waals surface area contributed by atoms with E-state index >= 15 is 0 Å². The molecule has 0 radical (unpaired) electrons. The van der Waals surface area contributed by atoms with Crippen molar-refractivity contribution in [2.75, 3.05) is 5.32 Å². The number of rotatable bonds is 3. The summed E-state index contributed by atoms with van der Waals surface area (Å²) < 4.78 is 0. The number of benzene rings is 1. The molecule has 2 rings (SSSR count). The second-order valence-corrected chi connectivity index (χ2v) is 4.35. The van der Waals surface area contributed by atoms with Crippen LogP contribution in [0.3, 0.4) is 0 Å². The third-order valence-electron chi connectivity index (χ3n) is 3.00. The smallest absolute Gasteiger partial charge is 0.331 e. The maximum atomic E-state index is 11.9. The summed E-state index contributed by atoms with van der Waals surface area (Å²) in [5, 5.41) is 11.4. The Bertz CT molecular complexity index is 782. The zero-order valence-corrected chi connectivity index (χ0v) is 10.9. The molecule has 104 valence electrons. The van der Waals surface area contributed by atoms with Gasteiger partial charge in [-0.2, -0.15) is 0 Å². The van der Waals surface area contributed by atoms with Gasteiger partial charge in [-0.05, 0) is 32.0 Å². The number of amides is 1. The average Bonchev–Trinajstić information content (AvgIpc) is 2.76. The van der Waals surface area contributed by atoms with E-state index in [9.17, 15) is 14.4 Å². The van der Waals surface area contributed by atoms with Crippen LogP contribution >= 0.6 is 0 Å². The molecule has 0 aliphatic heterocycles. The van der Waals surface area contributed by atoms with Crippen LogP contribution in [0.1, 0.15) is 13.8 Å². The number of aromatic nitrogens is 2. The molecule has 0 fully saturated rings. The van der Waals surface area contributed by atoms with Crippen LogP contribution in [-0.2, 0) is 9.59 Å². The average molecular weight is 275 g/mol. The number of aromatic amines is 2. The van der Waals surface area contributed by atoms with E-state index in [0.717, 1.165) is 0 Å². The molecule has 0 saturated heterocycles. The van der Waals surface area contributed by atoms with Crippen molar-refractivity contribution in [3.8, 4) is 0 Å². The fraction of sp³-hybridized carbons (Fsp3) is 0.154. The lowest BCUT2D eigenvalue weighted by molar-refractivity contribution is -0.133. The molecule has 0 atom stereocenters. The number of hydrogen-bond acceptors (Lipinski definition) is 3. The summed E-state index contributed by atoms with van der Waals surface area (Å²) in [6.45, 7) is 2.81. The first-order chi connectivity index (χ1) is 9.38. The Morgan fingerprint density at radius 3 is 2.40 bits per heavy atom. The molecular weight excluding hydrogens is 262 g/mol. The summed E-state index contributed by atoms with van der Waals surface area (Å²) in [4.78, 5) is 39.0. The van der Waals surface area contributed by atoms with Crippen LogP contribution in [0, 0.1) is 0 Å². The first-order valence-corrected chi connectivity index (χ1v) is 5.82. The summed E-state index contributed by atoms with van der Waals surface area (Å²) in [6, 6.07) is 4.86. The number of aliphatic carboxylic acids is 1. The lowest BCUT2D eigenvalue weighted by Gasteiger charge is -2.07. The Hall–Kier alpha value is -2.83. The number of carboxylic acids is 1. The summed E-state index contributed by atoms with van der Waals surface area (Å²) in [5.74, 6) is -1.63. The predicted octanol–water partition coefficient (Wildman–Crippen LogP) is 1.22. The molecule has 2 aromatic rings. The largest absolute Gasteiger partial charge is 0.478 e. The number of imidazole rings is 1. The van der Waals surface area contributed by atoms with Gasteiger partial charge in [-0.25, -0.2) is 9.59 Å². The fourth-order valence-corrected chi connectivity index (χ4v) is 1.67. The molecule has 7 heteroatoms. The maximum absolute atomic E-state index is 11.9. The summed E-state index contributed by atoms with van der Waals surface area (Å²) in [5.41, 5.74) is 1.43. The van der Waals surface area contributed by atoms with Crippen molar-refractivity contribution in [1.82, 2.24) is 9.97 Å². The quantitative estimate of drug-likeness (QED) is 0.630. The van der Waals surface area contributed by atoms with Crippen LogP contribution < -0.4 is 11.0 Å². The number of hydrogen-bond donors (Lipinski definition) is 4. The summed E-state index contributed by atoms with van der Waals surface area (Å²) in [6.07, 6.45) is 0. The van der Waals surface area contributed by atoms with E-state index < -0.39 is 11.9 Å². The van der Waals surface area contributed by atoms with Gasteiger partial charge in [-0.3, -0.25) is 4.79 Å². The molecule has 7 nitrogen and oxygen atoms in total. The van der Waals surface area contributed by atoms with E-state index in [2.05, 4.69) is 15.3 Å². The van der Waals surface area contributed by atoms with Gasteiger partial charge in [0.15, 0.2) is 0 Å². The Morgan fingerprint density at radius 2 is 1.75 bits per heavy atom. The molecule has 1 heterocycles. The van der Waals surface area contributed by atoms with E-state index in [-0.39, 0.29) is 16.8 Å². The predicted molar refractivity (Wildman–Crippen MR) is 73.6 cm³/mol. The number of carbonyl (C=O) groups excluding carboxylic acids is 1. The second kappa shape index (κ2) is 5.04. The van der Waals surface area contributed by atoms with Gasteiger partial charge in [0.05, 0.1) is 11.0 Å². The lowest BCUT2D eigenvalue weighted by Crippen LogP contribution is -2.16. The number of H-pyrrole nitrogens is 2. The molecule has 1 amide bonds. The van der Waals surface area contributed by atoms with Crippen LogP contribution in [0.5, 0.6) is 0 Å². The van der Waals surface area contributed by atoms with Gasteiger partial charge >= 0.3 is 11.7 Å².